The minimum atomic E-state index is -0.244. The van der Waals surface area contributed by atoms with Gasteiger partial charge in [0, 0.05) is 38.3 Å². The number of piperidine rings is 1. The monoisotopic (exact) mass is 345 g/mol. The molecule has 25 heavy (non-hydrogen) atoms. The minimum Gasteiger partial charge on any atom is -0.376 e. The predicted molar refractivity (Wildman–Crippen MR) is 99.1 cm³/mol. The van der Waals surface area contributed by atoms with Crippen molar-refractivity contribution >= 4 is 5.91 Å². The predicted octanol–water partition coefficient (Wildman–Crippen LogP) is 2.03. The van der Waals surface area contributed by atoms with Gasteiger partial charge in [-0.2, -0.15) is 0 Å². The van der Waals surface area contributed by atoms with Crippen molar-refractivity contribution in [3.8, 4) is 0 Å². The van der Waals surface area contributed by atoms with Crippen LogP contribution in [-0.4, -0.2) is 60.6 Å². The maximum Gasteiger partial charge on any atom is 0.227 e. The van der Waals surface area contributed by atoms with Crippen LogP contribution < -0.4 is 5.73 Å². The Morgan fingerprint density at radius 2 is 1.88 bits per heavy atom. The standard InChI is InChI=1S/C20H31N3O2/c1-15-14-23(12-13-25-15)18-8-10-22(11-9-18)20(24)16(2)19(21)17-6-4-3-5-7-17/h3-7,15-16,18-19H,8-14,21H2,1-2H3. The molecule has 0 saturated carbocycles. The molecule has 2 fully saturated rings. The van der Waals surface area contributed by atoms with Crippen LogP contribution in [-0.2, 0) is 9.53 Å². The van der Waals surface area contributed by atoms with E-state index in [4.69, 9.17) is 10.5 Å². The Labute approximate surface area is 151 Å². The molecule has 0 spiro atoms. The van der Waals surface area contributed by atoms with E-state index in [0.29, 0.717) is 12.1 Å². The van der Waals surface area contributed by atoms with Crippen molar-refractivity contribution in [1.82, 2.24) is 9.80 Å². The van der Waals surface area contributed by atoms with E-state index < -0.39 is 0 Å². The molecule has 138 valence electrons. The second-order valence-electron chi connectivity index (χ2n) is 7.46. The third kappa shape index (κ3) is 4.40. The second kappa shape index (κ2) is 8.30. The molecule has 3 unspecified atom stereocenters. The summed E-state index contributed by atoms with van der Waals surface area (Å²) in [5.74, 6) is -0.00694. The molecule has 0 aromatic heterocycles. The topological polar surface area (TPSA) is 58.8 Å². The lowest BCUT2D eigenvalue weighted by molar-refractivity contribution is -0.137. The van der Waals surface area contributed by atoms with Crippen molar-refractivity contribution in [3.63, 3.8) is 0 Å². The van der Waals surface area contributed by atoms with Crippen LogP contribution in [0.5, 0.6) is 0 Å². The number of amides is 1. The Bertz CT molecular complexity index is 557. The van der Waals surface area contributed by atoms with Crippen molar-refractivity contribution < 1.29 is 9.53 Å². The molecule has 0 radical (unpaired) electrons. The molecule has 2 N–H and O–H groups in total. The molecule has 2 aliphatic heterocycles. The minimum absolute atomic E-state index is 0.185. The van der Waals surface area contributed by atoms with Crippen molar-refractivity contribution in [3.05, 3.63) is 35.9 Å². The van der Waals surface area contributed by atoms with E-state index in [1.54, 1.807) is 0 Å². The summed E-state index contributed by atoms with van der Waals surface area (Å²) in [7, 11) is 0. The van der Waals surface area contributed by atoms with Gasteiger partial charge in [0.25, 0.3) is 0 Å². The van der Waals surface area contributed by atoms with E-state index in [-0.39, 0.29) is 17.9 Å². The summed E-state index contributed by atoms with van der Waals surface area (Å²) in [6, 6.07) is 10.3. The summed E-state index contributed by atoms with van der Waals surface area (Å²) >= 11 is 0. The maximum atomic E-state index is 12.9. The van der Waals surface area contributed by atoms with Crippen LogP contribution >= 0.6 is 0 Å². The number of rotatable bonds is 4. The summed E-state index contributed by atoms with van der Waals surface area (Å²) in [5.41, 5.74) is 7.36. The first-order chi connectivity index (χ1) is 12.1. The highest BCUT2D eigenvalue weighted by molar-refractivity contribution is 5.79. The van der Waals surface area contributed by atoms with E-state index >= 15 is 0 Å². The van der Waals surface area contributed by atoms with E-state index in [1.165, 1.54) is 0 Å². The number of morpholine rings is 1. The highest BCUT2D eigenvalue weighted by Gasteiger charge is 2.32. The number of hydrogen-bond acceptors (Lipinski definition) is 4. The first kappa shape index (κ1) is 18.4. The fourth-order valence-electron chi connectivity index (χ4n) is 4.03. The summed E-state index contributed by atoms with van der Waals surface area (Å²) in [6.45, 7) is 8.60. The third-order valence-corrected chi connectivity index (χ3v) is 5.68. The molecule has 0 bridgehead atoms. The molecule has 3 atom stereocenters. The van der Waals surface area contributed by atoms with Gasteiger partial charge in [-0.15, -0.1) is 0 Å². The van der Waals surface area contributed by atoms with Crippen LogP contribution in [0.4, 0.5) is 0 Å². The number of hydrogen-bond donors (Lipinski definition) is 1. The quantitative estimate of drug-likeness (QED) is 0.907. The first-order valence-corrected chi connectivity index (χ1v) is 9.51. The smallest absolute Gasteiger partial charge is 0.227 e. The molecular weight excluding hydrogens is 314 g/mol. The maximum absolute atomic E-state index is 12.9. The molecule has 5 nitrogen and oxygen atoms in total. The van der Waals surface area contributed by atoms with Crippen LogP contribution in [0.2, 0.25) is 0 Å². The fraction of sp³-hybridized carbons (Fsp3) is 0.650. The van der Waals surface area contributed by atoms with Gasteiger partial charge in [0.1, 0.15) is 0 Å². The second-order valence-corrected chi connectivity index (χ2v) is 7.46. The lowest BCUT2D eigenvalue weighted by Crippen LogP contribution is -2.52. The Kier molecular flexibility index (Phi) is 6.10. The highest BCUT2D eigenvalue weighted by Crippen LogP contribution is 2.24. The van der Waals surface area contributed by atoms with E-state index in [1.807, 2.05) is 42.2 Å². The van der Waals surface area contributed by atoms with E-state index in [9.17, 15) is 4.79 Å². The van der Waals surface area contributed by atoms with Gasteiger partial charge >= 0.3 is 0 Å². The Morgan fingerprint density at radius 3 is 2.52 bits per heavy atom. The van der Waals surface area contributed by atoms with Crippen LogP contribution in [0, 0.1) is 5.92 Å². The average Bonchev–Trinajstić information content (AvgIpc) is 2.67. The van der Waals surface area contributed by atoms with Gasteiger partial charge in [-0.05, 0) is 25.3 Å². The molecule has 2 heterocycles. The van der Waals surface area contributed by atoms with Gasteiger partial charge in [-0.25, -0.2) is 0 Å². The number of nitrogens with two attached hydrogens (primary N) is 1. The average molecular weight is 345 g/mol. The van der Waals surface area contributed by atoms with E-state index in [0.717, 1.165) is 51.2 Å². The molecule has 5 heteroatoms. The van der Waals surface area contributed by atoms with Crippen molar-refractivity contribution in [1.29, 1.82) is 0 Å². The Hall–Kier alpha value is -1.43. The Morgan fingerprint density at radius 1 is 1.20 bits per heavy atom. The van der Waals surface area contributed by atoms with Crippen molar-refractivity contribution in [2.75, 3.05) is 32.8 Å². The lowest BCUT2D eigenvalue weighted by atomic mass is 9.93. The van der Waals surface area contributed by atoms with E-state index in [2.05, 4.69) is 11.8 Å². The Balaban J connectivity index is 1.52. The summed E-state index contributed by atoms with van der Waals surface area (Å²) in [5, 5.41) is 0. The zero-order valence-electron chi connectivity index (χ0n) is 15.4. The van der Waals surface area contributed by atoms with Crippen molar-refractivity contribution in [2.45, 2.75) is 44.9 Å². The molecule has 3 rings (SSSR count). The SMILES string of the molecule is CC1CN(C2CCN(C(=O)C(C)C(N)c3ccccc3)CC2)CCO1. The summed E-state index contributed by atoms with van der Waals surface area (Å²) in [4.78, 5) is 17.4. The van der Waals surface area contributed by atoms with Crippen molar-refractivity contribution in [2.24, 2.45) is 11.7 Å². The lowest BCUT2D eigenvalue weighted by Gasteiger charge is -2.42. The number of carbonyl (C=O) groups excluding carboxylic acids is 1. The summed E-state index contributed by atoms with van der Waals surface area (Å²) in [6.07, 6.45) is 2.41. The van der Waals surface area contributed by atoms with Crippen LogP contribution in [0.1, 0.15) is 38.3 Å². The number of nitrogens with zero attached hydrogens (tertiary/aromatic N) is 2. The van der Waals surface area contributed by atoms with Gasteiger partial charge in [0.15, 0.2) is 0 Å². The number of benzene rings is 1. The molecule has 1 aromatic rings. The molecule has 0 aliphatic carbocycles. The summed E-state index contributed by atoms with van der Waals surface area (Å²) < 4.78 is 5.64. The molecule has 1 aromatic carbocycles. The zero-order chi connectivity index (χ0) is 17.8. The van der Waals surface area contributed by atoms with Gasteiger partial charge in [-0.3, -0.25) is 9.69 Å². The third-order valence-electron chi connectivity index (χ3n) is 5.68. The highest BCUT2D eigenvalue weighted by atomic mass is 16.5. The zero-order valence-corrected chi connectivity index (χ0v) is 15.4. The molecule has 1 amide bonds. The van der Waals surface area contributed by atoms with Gasteiger partial charge < -0.3 is 15.4 Å². The van der Waals surface area contributed by atoms with Crippen LogP contribution in [0.25, 0.3) is 0 Å². The molecule has 2 aliphatic rings. The largest absolute Gasteiger partial charge is 0.376 e. The number of carbonyl (C=O) groups is 1. The normalized spacial score (nSPS) is 25.6. The first-order valence-electron chi connectivity index (χ1n) is 9.51. The number of ether oxygens (including phenoxy) is 1. The van der Waals surface area contributed by atoms with Crippen LogP contribution in [0.15, 0.2) is 30.3 Å². The van der Waals surface area contributed by atoms with Crippen LogP contribution in [0.3, 0.4) is 0 Å². The van der Waals surface area contributed by atoms with Gasteiger partial charge in [0.05, 0.1) is 18.6 Å². The number of likely N-dealkylation sites (tertiary alicyclic amines) is 1. The molecule has 2 saturated heterocycles. The fourth-order valence-corrected chi connectivity index (χ4v) is 4.03. The van der Waals surface area contributed by atoms with Gasteiger partial charge in [0.2, 0.25) is 5.91 Å². The van der Waals surface area contributed by atoms with Gasteiger partial charge in [-0.1, -0.05) is 37.3 Å². The molecular formula is C20H31N3O2.